The predicted octanol–water partition coefficient (Wildman–Crippen LogP) is 3.57. The molecule has 0 spiro atoms. The lowest BCUT2D eigenvalue weighted by Gasteiger charge is -2.25. The van der Waals surface area contributed by atoms with Crippen LogP contribution in [0.3, 0.4) is 0 Å². The average Bonchev–Trinajstić information content (AvgIpc) is 2.59. The zero-order chi connectivity index (χ0) is 18.4. The summed E-state index contributed by atoms with van der Waals surface area (Å²) < 4.78 is 11.4. The molecule has 0 unspecified atom stereocenters. The predicted molar refractivity (Wildman–Crippen MR) is 91.6 cm³/mol. The second-order valence-electron chi connectivity index (χ2n) is 6.40. The van der Waals surface area contributed by atoms with Crippen LogP contribution in [0, 0.1) is 5.41 Å². The fourth-order valence-electron chi connectivity index (χ4n) is 1.99. The van der Waals surface area contributed by atoms with E-state index in [9.17, 15) is 9.59 Å². The molecule has 2 rings (SSSR count). The Balaban J connectivity index is 1.86. The van der Waals surface area contributed by atoms with E-state index in [2.05, 4.69) is 0 Å². The maximum absolute atomic E-state index is 10.8. The van der Waals surface area contributed by atoms with Gasteiger partial charge in [-0.1, -0.05) is 13.8 Å². The number of rotatable bonds is 8. The molecule has 0 amide bonds. The van der Waals surface area contributed by atoms with Gasteiger partial charge in [0.05, 0.1) is 24.3 Å². The van der Waals surface area contributed by atoms with Crippen LogP contribution in [-0.2, 0) is 0 Å². The molecule has 0 saturated carbocycles. The molecule has 0 aliphatic heterocycles. The van der Waals surface area contributed by atoms with Gasteiger partial charge in [-0.3, -0.25) is 0 Å². The normalized spacial score (nSPS) is 11.0. The highest BCUT2D eigenvalue weighted by molar-refractivity contribution is 5.88. The number of carbonyl (C=O) groups is 2. The number of ether oxygens (including phenoxy) is 2. The Morgan fingerprint density at radius 1 is 0.760 bits per heavy atom. The lowest BCUT2D eigenvalue weighted by molar-refractivity contribution is 0.0686. The molecule has 6 nitrogen and oxygen atoms in total. The van der Waals surface area contributed by atoms with Crippen molar-refractivity contribution in [1.29, 1.82) is 0 Å². The maximum atomic E-state index is 10.8. The summed E-state index contributed by atoms with van der Waals surface area (Å²) in [6.45, 7) is 4.72. The minimum atomic E-state index is -0.978. The van der Waals surface area contributed by atoms with Crippen molar-refractivity contribution >= 4 is 11.9 Å². The van der Waals surface area contributed by atoms with Crippen LogP contribution in [0.5, 0.6) is 11.5 Å². The second-order valence-corrected chi connectivity index (χ2v) is 6.40. The van der Waals surface area contributed by atoms with E-state index in [1.54, 1.807) is 24.3 Å². The average molecular weight is 344 g/mol. The smallest absolute Gasteiger partial charge is 0.335 e. The summed E-state index contributed by atoms with van der Waals surface area (Å²) in [5, 5.41) is 17.7. The summed E-state index contributed by atoms with van der Waals surface area (Å²) in [5.41, 5.74) is 0.122. The van der Waals surface area contributed by atoms with Crippen molar-refractivity contribution in [3.63, 3.8) is 0 Å². The highest BCUT2D eigenvalue weighted by atomic mass is 16.5. The summed E-state index contributed by atoms with van der Waals surface area (Å²) in [7, 11) is 0. The van der Waals surface area contributed by atoms with E-state index in [4.69, 9.17) is 19.7 Å². The van der Waals surface area contributed by atoms with E-state index in [0.29, 0.717) is 24.7 Å². The molecule has 25 heavy (non-hydrogen) atoms. The Hall–Kier alpha value is -3.02. The molecule has 0 fully saturated rings. The van der Waals surface area contributed by atoms with Crippen molar-refractivity contribution in [2.45, 2.75) is 13.8 Å². The topological polar surface area (TPSA) is 93.1 Å². The number of carboxylic acid groups (broad SMARTS) is 2. The summed E-state index contributed by atoms with van der Waals surface area (Å²) >= 11 is 0. The van der Waals surface area contributed by atoms with Gasteiger partial charge in [-0.2, -0.15) is 0 Å². The van der Waals surface area contributed by atoms with Gasteiger partial charge in [0.25, 0.3) is 0 Å². The first kappa shape index (κ1) is 18.3. The highest BCUT2D eigenvalue weighted by Gasteiger charge is 2.20. The van der Waals surface area contributed by atoms with Crippen molar-refractivity contribution in [2.24, 2.45) is 5.41 Å². The maximum Gasteiger partial charge on any atom is 0.335 e. The summed E-state index contributed by atoms with van der Waals surface area (Å²) in [5.74, 6) is -0.781. The first-order valence-corrected chi connectivity index (χ1v) is 7.69. The monoisotopic (exact) mass is 344 g/mol. The third-order valence-corrected chi connectivity index (χ3v) is 3.46. The molecule has 0 heterocycles. The van der Waals surface area contributed by atoms with E-state index in [1.807, 2.05) is 13.8 Å². The third kappa shape index (κ3) is 5.53. The molecule has 2 N–H and O–H groups in total. The Morgan fingerprint density at radius 2 is 1.08 bits per heavy atom. The molecule has 0 aromatic heterocycles. The lowest BCUT2D eigenvalue weighted by atomic mass is 9.96. The zero-order valence-corrected chi connectivity index (χ0v) is 14.1. The van der Waals surface area contributed by atoms with Crippen LogP contribution >= 0.6 is 0 Å². The summed E-state index contributed by atoms with van der Waals surface area (Å²) in [4.78, 5) is 21.6. The van der Waals surface area contributed by atoms with Gasteiger partial charge in [0.15, 0.2) is 0 Å². The van der Waals surface area contributed by atoms with Gasteiger partial charge < -0.3 is 19.7 Å². The fraction of sp³-hybridized carbons (Fsp3) is 0.263. The van der Waals surface area contributed by atoms with E-state index in [1.165, 1.54) is 24.3 Å². The highest BCUT2D eigenvalue weighted by Crippen LogP contribution is 2.22. The Labute approximate surface area is 145 Å². The number of aromatic carboxylic acids is 2. The second kappa shape index (κ2) is 7.70. The van der Waals surface area contributed by atoms with Crippen LogP contribution in [0.25, 0.3) is 0 Å². The largest absolute Gasteiger partial charge is 0.493 e. The van der Waals surface area contributed by atoms with Crippen LogP contribution in [0.4, 0.5) is 0 Å². The zero-order valence-electron chi connectivity index (χ0n) is 14.1. The van der Waals surface area contributed by atoms with Crippen molar-refractivity contribution in [3.8, 4) is 11.5 Å². The molecular weight excluding hydrogens is 324 g/mol. The Kier molecular flexibility index (Phi) is 5.64. The van der Waals surface area contributed by atoms with Crippen LogP contribution < -0.4 is 9.47 Å². The van der Waals surface area contributed by atoms with Gasteiger partial charge in [-0.05, 0) is 48.5 Å². The third-order valence-electron chi connectivity index (χ3n) is 3.46. The van der Waals surface area contributed by atoms with E-state index in [-0.39, 0.29) is 16.5 Å². The first-order valence-electron chi connectivity index (χ1n) is 7.69. The van der Waals surface area contributed by atoms with Crippen molar-refractivity contribution in [3.05, 3.63) is 59.7 Å². The SMILES string of the molecule is CC(C)(COc1ccc(C(=O)O)cc1)COc1ccc(C(=O)O)cc1. The molecule has 2 aromatic carbocycles. The van der Waals surface area contributed by atoms with E-state index >= 15 is 0 Å². The van der Waals surface area contributed by atoms with Crippen LogP contribution in [0.1, 0.15) is 34.6 Å². The first-order chi connectivity index (χ1) is 11.8. The van der Waals surface area contributed by atoms with Crippen molar-refractivity contribution in [1.82, 2.24) is 0 Å². The number of benzene rings is 2. The lowest BCUT2D eigenvalue weighted by Crippen LogP contribution is -2.28. The van der Waals surface area contributed by atoms with Crippen LogP contribution in [-0.4, -0.2) is 35.4 Å². The fourth-order valence-corrected chi connectivity index (χ4v) is 1.99. The molecule has 0 atom stereocenters. The van der Waals surface area contributed by atoms with Gasteiger partial charge in [-0.25, -0.2) is 9.59 Å². The molecule has 0 aliphatic rings. The quantitative estimate of drug-likeness (QED) is 0.760. The minimum Gasteiger partial charge on any atom is -0.493 e. The molecule has 0 radical (unpaired) electrons. The molecule has 0 bridgehead atoms. The summed E-state index contributed by atoms with van der Waals surface area (Å²) in [6.07, 6.45) is 0. The number of hydrogen-bond donors (Lipinski definition) is 2. The number of carboxylic acids is 2. The summed E-state index contributed by atoms with van der Waals surface area (Å²) in [6, 6.07) is 12.4. The minimum absolute atomic E-state index is 0.208. The Morgan fingerprint density at radius 3 is 1.36 bits per heavy atom. The molecule has 132 valence electrons. The van der Waals surface area contributed by atoms with E-state index < -0.39 is 11.9 Å². The van der Waals surface area contributed by atoms with Gasteiger partial charge in [0.2, 0.25) is 0 Å². The molecule has 2 aromatic rings. The Bertz CT molecular complexity index is 668. The van der Waals surface area contributed by atoms with Crippen LogP contribution in [0.2, 0.25) is 0 Å². The van der Waals surface area contributed by atoms with Gasteiger partial charge in [0, 0.05) is 5.41 Å². The molecular formula is C19H20O6. The van der Waals surface area contributed by atoms with Crippen LogP contribution in [0.15, 0.2) is 48.5 Å². The van der Waals surface area contributed by atoms with Crippen molar-refractivity contribution in [2.75, 3.05) is 13.2 Å². The van der Waals surface area contributed by atoms with Crippen molar-refractivity contribution < 1.29 is 29.3 Å². The van der Waals surface area contributed by atoms with E-state index in [0.717, 1.165) is 0 Å². The standard InChI is InChI=1S/C19H20O6/c1-19(2,11-24-15-7-3-13(4-8-15)17(20)21)12-25-16-9-5-14(6-10-16)18(22)23/h3-10H,11-12H2,1-2H3,(H,20,21)(H,22,23). The van der Waals surface area contributed by atoms with Gasteiger partial charge >= 0.3 is 11.9 Å². The number of hydrogen-bond acceptors (Lipinski definition) is 4. The molecule has 0 saturated heterocycles. The molecule has 6 heteroatoms. The van der Waals surface area contributed by atoms with Gasteiger partial charge in [-0.15, -0.1) is 0 Å². The van der Waals surface area contributed by atoms with Gasteiger partial charge in [0.1, 0.15) is 11.5 Å². The molecule has 0 aliphatic carbocycles.